The maximum atomic E-state index is 12.8. The Kier molecular flexibility index (Phi) is 6.92. The summed E-state index contributed by atoms with van der Waals surface area (Å²) >= 11 is 0. The molecule has 9 heteroatoms. The monoisotopic (exact) mass is 501 g/mol. The van der Waals surface area contributed by atoms with Crippen LogP contribution >= 0.6 is 0 Å². The second-order valence-corrected chi connectivity index (χ2v) is 11.2. The van der Waals surface area contributed by atoms with Crippen molar-refractivity contribution >= 4 is 21.4 Å². The number of amides is 1. The van der Waals surface area contributed by atoms with E-state index in [2.05, 4.69) is 25.4 Å². The van der Waals surface area contributed by atoms with E-state index in [0.717, 1.165) is 22.5 Å². The summed E-state index contributed by atoms with van der Waals surface area (Å²) in [5.74, 6) is 1.57. The number of hydrogen-bond acceptors (Lipinski definition) is 6. The molecule has 1 amide bonds. The van der Waals surface area contributed by atoms with Crippen molar-refractivity contribution in [2.75, 3.05) is 29.9 Å². The van der Waals surface area contributed by atoms with E-state index < -0.39 is 9.84 Å². The zero-order chi connectivity index (χ0) is 25.0. The number of carbonyl (C=O) groups is 1. The molecule has 1 aliphatic rings. The molecule has 5 rings (SSSR count). The molecule has 2 heterocycles. The first-order valence-electron chi connectivity index (χ1n) is 11.8. The highest BCUT2D eigenvalue weighted by Crippen LogP contribution is 2.20. The minimum absolute atomic E-state index is 0.186. The molecule has 1 saturated heterocycles. The third kappa shape index (κ3) is 6.05. The largest absolute Gasteiger partial charge is 0.322 e. The molecule has 0 aliphatic carbocycles. The first kappa shape index (κ1) is 23.9. The van der Waals surface area contributed by atoms with Crippen LogP contribution in [-0.2, 0) is 22.8 Å². The second kappa shape index (κ2) is 10.4. The normalized spacial score (nSPS) is 15.4. The molecular formula is C27H27N5O3S. The highest BCUT2D eigenvalue weighted by atomic mass is 32.2. The van der Waals surface area contributed by atoms with Gasteiger partial charge in [-0.3, -0.25) is 14.8 Å². The van der Waals surface area contributed by atoms with Gasteiger partial charge in [0, 0.05) is 42.9 Å². The lowest BCUT2D eigenvalue weighted by Crippen LogP contribution is -2.39. The fourth-order valence-corrected chi connectivity index (χ4v) is 5.45. The Bertz CT molecular complexity index is 1440. The molecule has 8 nitrogen and oxygen atoms in total. The fraction of sp³-hybridized carbons (Fsp3) is 0.222. The van der Waals surface area contributed by atoms with E-state index >= 15 is 0 Å². The maximum absolute atomic E-state index is 12.8. The van der Waals surface area contributed by atoms with Crippen molar-refractivity contribution < 1.29 is 13.2 Å². The fourth-order valence-electron chi connectivity index (χ4n) is 4.18. The van der Waals surface area contributed by atoms with Gasteiger partial charge in [0.25, 0.3) is 5.91 Å². The van der Waals surface area contributed by atoms with Crippen LogP contribution in [0.4, 0.5) is 5.69 Å². The Labute approximate surface area is 210 Å². The van der Waals surface area contributed by atoms with Crippen LogP contribution in [0.2, 0.25) is 0 Å². The summed E-state index contributed by atoms with van der Waals surface area (Å²) in [5.41, 5.74) is 4.25. The molecular weight excluding hydrogens is 474 g/mol. The molecule has 1 fully saturated rings. The van der Waals surface area contributed by atoms with Crippen LogP contribution in [0.3, 0.4) is 0 Å². The molecule has 3 aromatic carbocycles. The van der Waals surface area contributed by atoms with Crippen molar-refractivity contribution in [1.82, 2.24) is 20.1 Å². The number of rotatable bonds is 7. The van der Waals surface area contributed by atoms with Crippen LogP contribution in [0.5, 0.6) is 0 Å². The van der Waals surface area contributed by atoms with Crippen LogP contribution < -0.4 is 5.32 Å². The van der Waals surface area contributed by atoms with E-state index in [1.54, 1.807) is 6.07 Å². The first-order chi connectivity index (χ1) is 17.4. The van der Waals surface area contributed by atoms with Gasteiger partial charge in [-0.15, -0.1) is 0 Å². The Morgan fingerprint density at radius 1 is 0.917 bits per heavy atom. The van der Waals surface area contributed by atoms with E-state index in [1.807, 2.05) is 72.8 Å². The molecule has 0 bridgehead atoms. The quantitative estimate of drug-likeness (QED) is 0.401. The van der Waals surface area contributed by atoms with E-state index in [9.17, 15) is 13.2 Å². The summed E-state index contributed by atoms with van der Waals surface area (Å²) in [6.45, 7) is 1.66. The lowest BCUT2D eigenvalue weighted by Gasteiger charge is -2.26. The molecule has 0 saturated carbocycles. The molecule has 1 aromatic heterocycles. The summed E-state index contributed by atoms with van der Waals surface area (Å²) in [6, 6.07) is 25.0. The Balaban J connectivity index is 1.19. The van der Waals surface area contributed by atoms with Crippen LogP contribution in [0, 0.1) is 0 Å². The number of aromatic amines is 1. The van der Waals surface area contributed by atoms with Gasteiger partial charge in [-0.25, -0.2) is 13.4 Å². The molecule has 0 radical (unpaired) electrons. The predicted octanol–water partition coefficient (Wildman–Crippen LogP) is 3.55. The lowest BCUT2D eigenvalue weighted by atomic mass is 10.1. The van der Waals surface area contributed by atoms with Gasteiger partial charge >= 0.3 is 0 Å². The molecule has 4 aromatic rings. The van der Waals surface area contributed by atoms with Gasteiger partial charge in [-0.05, 0) is 47.5 Å². The maximum Gasteiger partial charge on any atom is 0.255 e. The first-order valence-corrected chi connectivity index (χ1v) is 13.6. The van der Waals surface area contributed by atoms with Crippen molar-refractivity contribution in [3.63, 3.8) is 0 Å². The number of H-pyrrole nitrogens is 1. The van der Waals surface area contributed by atoms with E-state index in [1.165, 1.54) is 0 Å². The predicted molar refractivity (Wildman–Crippen MR) is 139 cm³/mol. The standard InChI is InChI=1S/C27H27N5O3S/c33-27(23-8-4-7-21(17-23)19-32-13-15-36(34,35)16-14-32)28-24-11-9-22(10-12-24)26-29-25(30-31-26)18-20-5-2-1-3-6-20/h1-12,17H,13-16,18-19H2,(H,28,33)(H,29,30,31). The third-order valence-electron chi connectivity index (χ3n) is 6.19. The second-order valence-electron chi connectivity index (χ2n) is 8.92. The Morgan fingerprint density at radius 3 is 2.39 bits per heavy atom. The van der Waals surface area contributed by atoms with Crippen LogP contribution in [0.15, 0.2) is 78.9 Å². The topological polar surface area (TPSA) is 108 Å². The highest BCUT2D eigenvalue weighted by Gasteiger charge is 2.21. The smallest absolute Gasteiger partial charge is 0.255 e. The van der Waals surface area contributed by atoms with E-state index in [4.69, 9.17) is 0 Å². The van der Waals surface area contributed by atoms with Gasteiger partial charge in [0.05, 0.1) is 11.5 Å². The number of sulfone groups is 1. The van der Waals surface area contributed by atoms with Crippen molar-refractivity contribution in [2.45, 2.75) is 13.0 Å². The Hall–Kier alpha value is -3.82. The van der Waals surface area contributed by atoms with Gasteiger partial charge in [0.2, 0.25) is 0 Å². The molecule has 0 unspecified atom stereocenters. The number of carbonyl (C=O) groups excluding carboxylic acids is 1. The number of benzene rings is 3. The van der Waals surface area contributed by atoms with Crippen molar-refractivity contribution in [1.29, 1.82) is 0 Å². The summed E-state index contributed by atoms with van der Waals surface area (Å²) in [4.78, 5) is 19.5. The molecule has 1 aliphatic heterocycles. The summed E-state index contributed by atoms with van der Waals surface area (Å²) in [5, 5.41) is 10.2. The van der Waals surface area contributed by atoms with Gasteiger partial charge in [-0.1, -0.05) is 42.5 Å². The summed E-state index contributed by atoms with van der Waals surface area (Å²) in [6.07, 6.45) is 0.654. The average molecular weight is 502 g/mol. The van der Waals surface area contributed by atoms with Gasteiger partial charge in [0.15, 0.2) is 21.5 Å². The zero-order valence-electron chi connectivity index (χ0n) is 19.7. The Morgan fingerprint density at radius 2 is 1.64 bits per heavy atom. The number of anilines is 1. The van der Waals surface area contributed by atoms with Crippen LogP contribution in [0.1, 0.15) is 27.3 Å². The summed E-state index contributed by atoms with van der Waals surface area (Å²) in [7, 11) is -2.91. The van der Waals surface area contributed by atoms with Crippen LogP contribution in [-0.4, -0.2) is 59.0 Å². The minimum Gasteiger partial charge on any atom is -0.322 e. The molecule has 184 valence electrons. The molecule has 2 N–H and O–H groups in total. The van der Waals surface area contributed by atoms with Gasteiger partial charge in [-0.2, -0.15) is 5.10 Å². The molecule has 36 heavy (non-hydrogen) atoms. The van der Waals surface area contributed by atoms with Gasteiger partial charge < -0.3 is 5.32 Å². The van der Waals surface area contributed by atoms with Crippen molar-refractivity contribution in [3.8, 4) is 11.4 Å². The zero-order valence-corrected chi connectivity index (χ0v) is 20.5. The van der Waals surface area contributed by atoms with Crippen molar-refractivity contribution in [3.05, 3.63) is 101 Å². The van der Waals surface area contributed by atoms with Gasteiger partial charge in [0.1, 0.15) is 0 Å². The SMILES string of the molecule is O=C(Nc1ccc(-c2nc(Cc3ccccc3)n[nH]2)cc1)c1cccc(CN2CCS(=O)(=O)CC2)c1. The lowest BCUT2D eigenvalue weighted by molar-refractivity contribution is 0.102. The highest BCUT2D eigenvalue weighted by molar-refractivity contribution is 7.91. The van der Waals surface area contributed by atoms with E-state index in [0.29, 0.717) is 43.1 Å². The molecule has 0 spiro atoms. The van der Waals surface area contributed by atoms with Crippen LogP contribution in [0.25, 0.3) is 11.4 Å². The minimum atomic E-state index is -2.91. The van der Waals surface area contributed by atoms with E-state index in [-0.39, 0.29) is 17.4 Å². The number of hydrogen-bond donors (Lipinski definition) is 2. The number of nitrogens with zero attached hydrogens (tertiary/aromatic N) is 3. The average Bonchev–Trinajstić information content (AvgIpc) is 3.35. The molecule has 0 atom stereocenters. The number of nitrogens with one attached hydrogen (secondary N) is 2. The summed E-state index contributed by atoms with van der Waals surface area (Å²) < 4.78 is 23.3. The third-order valence-corrected chi connectivity index (χ3v) is 7.79. The van der Waals surface area contributed by atoms with Crippen molar-refractivity contribution in [2.24, 2.45) is 0 Å². The number of aromatic nitrogens is 3.